The van der Waals surface area contributed by atoms with E-state index in [4.69, 9.17) is 5.11 Å². The van der Waals surface area contributed by atoms with Gasteiger partial charge in [-0.05, 0) is 47.5 Å². The molecule has 1 atom stereocenters. The number of aliphatic carboxylic acids is 1. The SMILES string of the molecule is CCC(C)(NC(=O)C=Cc1ccc(Br)s1)C(=O)O. The minimum Gasteiger partial charge on any atom is -0.480 e. The average Bonchev–Trinajstić information content (AvgIpc) is 2.72. The van der Waals surface area contributed by atoms with Crippen LogP contribution in [0, 0.1) is 0 Å². The summed E-state index contributed by atoms with van der Waals surface area (Å²) >= 11 is 4.82. The second-order valence-electron chi connectivity index (χ2n) is 3.96. The molecule has 0 aliphatic rings. The highest BCUT2D eigenvalue weighted by molar-refractivity contribution is 9.11. The molecule has 0 saturated carbocycles. The average molecular weight is 332 g/mol. The molecule has 0 aromatic carbocycles. The van der Waals surface area contributed by atoms with Gasteiger partial charge in [0.15, 0.2) is 0 Å². The number of hydrogen-bond acceptors (Lipinski definition) is 3. The molecular formula is C12H14BrNO3S. The predicted octanol–water partition coefficient (Wildman–Crippen LogP) is 2.89. The first kappa shape index (κ1) is 14.9. The van der Waals surface area contributed by atoms with E-state index >= 15 is 0 Å². The minimum atomic E-state index is -1.22. The molecule has 4 nitrogen and oxygen atoms in total. The Labute approximate surface area is 118 Å². The monoisotopic (exact) mass is 331 g/mol. The van der Waals surface area contributed by atoms with Crippen molar-refractivity contribution in [2.75, 3.05) is 0 Å². The van der Waals surface area contributed by atoms with E-state index in [0.29, 0.717) is 6.42 Å². The number of thiophene rings is 1. The lowest BCUT2D eigenvalue weighted by Gasteiger charge is -2.23. The summed E-state index contributed by atoms with van der Waals surface area (Å²) in [6.07, 6.45) is 3.32. The Morgan fingerprint density at radius 1 is 1.56 bits per heavy atom. The topological polar surface area (TPSA) is 66.4 Å². The first-order chi connectivity index (χ1) is 8.37. The van der Waals surface area contributed by atoms with Crippen molar-refractivity contribution in [3.8, 4) is 0 Å². The summed E-state index contributed by atoms with van der Waals surface area (Å²) in [5, 5.41) is 11.5. The molecular weight excluding hydrogens is 318 g/mol. The summed E-state index contributed by atoms with van der Waals surface area (Å²) in [6.45, 7) is 3.21. The number of carboxylic acid groups (broad SMARTS) is 1. The van der Waals surface area contributed by atoms with Gasteiger partial charge >= 0.3 is 5.97 Å². The number of carboxylic acids is 1. The molecule has 0 saturated heterocycles. The summed E-state index contributed by atoms with van der Waals surface area (Å²) in [6, 6.07) is 3.75. The molecule has 2 N–H and O–H groups in total. The molecule has 0 aliphatic carbocycles. The van der Waals surface area contributed by atoms with E-state index in [-0.39, 0.29) is 0 Å². The maximum atomic E-state index is 11.6. The Kier molecular flexibility index (Phi) is 5.10. The van der Waals surface area contributed by atoms with Crippen LogP contribution in [-0.2, 0) is 9.59 Å². The lowest BCUT2D eigenvalue weighted by atomic mass is 9.99. The summed E-state index contributed by atoms with van der Waals surface area (Å²) < 4.78 is 0.978. The molecule has 6 heteroatoms. The van der Waals surface area contributed by atoms with Gasteiger partial charge in [0.05, 0.1) is 3.79 Å². The zero-order chi connectivity index (χ0) is 13.8. The van der Waals surface area contributed by atoms with Crippen LogP contribution in [0.15, 0.2) is 22.0 Å². The second kappa shape index (κ2) is 6.15. The Bertz CT molecular complexity index is 483. The number of carbonyl (C=O) groups is 2. The van der Waals surface area contributed by atoms with E-state index in [1.807, 2.05) is 12.1 Å². The van der Waals surface area contributed by atoms with E-state index < -0.39 is 17.4 Å². The van der Waals surface area contributed by atoms with Crippen molar-refractivity contribution in [3.05, 3.63) is 26.9 Å². The number of hydrogen-bond donors (Lipinski definition) is 2. The van der Waals surface area contributed by atoms with Gasteiger partial charge in [0.25, 0.3) is 0 Å². The highest BCUT2D eigenvalue weighted by atomic mass is 79.9. The van der Waals surface area contributed by atoms with E-state index in [1.165, 1.54) is 24.3 Å². The molecule has 1 rings (SSSR count). The van der Waals surface area contributed by atoms with Crippen molar-refractivity contribution < 1.29 is 14.7 Å². The highest BCUT2D eigenvalue weighted by Crippen LogP contribution is 2.23. The van der Waals surface area contributed by atoms with Crippen LogP contribution >= 0.6 is 27.3 Å². The Hall–Kier alpha value is -1.14. The molecule has 1 aromatic rings. The maximum Gasteiger partial charge on any atom is 0.329 e. The molecule has 0 spiro atoms. The zero-order valence-corrected chi connectivity index (χ0v) is 12.5. The van der Waals surface area contributed by atoms with Gasteiger partial charge in [0.1, 0.15) is 5.54 Å². The minimum absolute atomic E-state index is 0.326. The first-order valence-corrected chi connectivity index (χ1v) is 6.97. The van der Waals surface area contributed by atoms with Gasteiger partial charge < -0.3 is 10.4 Å². The number of rotatable bonds is 5. The van der Waals surface area contributed by atoms with Crippen LogP contribution < -0.4 is 5.32 Å². The Balaban J connectivity index is 2.67. The van der Waals surface area contributed by atoms with Crippen LogP contribution in [0.4, 0.5) is 0 Å². The molecule has 1 amide bonds. The van der Waals surface area contributed by atoms with E-state index in [2.05, 4.69) is 21.2 Å². The number of halogens is 1. The van der Waals surface area contributed by atoms with Crippen LogP contribution in [-0.4, -0.2) is 22.5 Å². The van der Waals surface area contributed by atoms with Crippen molar-refractivity contribution in [2.24, 2.45) is 0 Å². The number of nitrogens with one attached hydrogen (secondary N) is 1. The Morgan fingerprint density at radius 3 is 2.67 bits per heavy atom. The summed E-state index contributed by atoms with van der Waals surface area (Å²) in [4.78, 5) is 23.6. The summed E-state index contributed by atoms with van der Waals surface area (Å²) in [5.74, 6) is -1.45. The fraction of sp³-hybridized carbons (Fsp3) is 0.333. The third-order valence-corrected chi connectivity index (χ3v) is 4.16. The van der Waals surface area contributed by atoms with Gasteiger partial charge in [-0.1, -0.05) is 6.92 Å². The molecule has 1 unspecified atom stereocenters. The molecule has 1 aromatic heterocycles. The number of carbonyl (C=O) groups excluding carboxylic acids is 1. The zero-order valence-electron chi connectivity index (χ0n) is 10.1. The van der Waals surface area contributed by atoms with Crippen molar-refractivity contribution in [3.63, 3.8) is 0 Å². The number of amides is 1. The van der Waals surface area contributed by atoms with E-state index in [0.717, 1.165) is 8.66 Å². The lowest BCUT2D eigenvalue weighted by Crippen LogP contribution is -2.51. The first-order valence-electron chi connectivity index (χ1n) is 5.36. The fourth-order valence-corrected chi connectivity index (χ4v) is 2.51. The van der Waals surface area contributed by atoms with Gasteiger partial charge in [-0.15, -0.1) is 11.3 Å². The molecule has 0 radical (unpaired) electrons. The van der Waals surface area contributed by atoms with Crippen molar-refractivity contribution in [1.29, 1.82) is 0 Å². The van der Waals surface area contributed by atoms with Gasteiger partial charge in [-0.2, -0.15) is 0 Å². The van der Waals surface area contributed by atoms with Crippen molar-refractivity contribution >= 4 is 45.2 Å². The quantitative estimate of drug-likeness (QED) is 0.815. The van der Waals surface area contributed by atoms with Crippen LogP contribution in [0.1, 0.15) is 25.1 Å². The predicted molar refractivity (Wildman–Crippen MR) is 75.5 cm³/mol. The molecule has 98 valence electrons. The highest BCUT2D eigenvalue weighted by Gasteiger charge is 2.31. The van der Waals surface area contributed by atoms with E-state index in [1.54, 1.807) is 13.0 Å². The molecule has 0 fully saturated rings. The second-order valence-corrected chi connectivity index (χ2v) is 6.45. The van der Waals surface area contributed by atoms with Gasteiger partial charge in [-0.25, -0.2) is 4.79 Å². The van der Waals surface area contributed by atoms with Crippen molar-refractivity contribution in [2.45, 2.75) is 25.8 Å². The smallest absolute Gasteiger partial charge is 0.329 e. The van der Waals surface area contributed by atoms with Crippen LogP contribution in [0.25, 0.3) is 6.08 Å². The van der Waals surface area contributed by atoms with Crippen LogP contribution in [0.5, 0.6) is 0 Å². The van der Waals surface area contributed by atoms with Gasteiger partial charge in [-0.3, -0.25) is 4.79 Å². The summed E-state index contributed by atoms with van der Waals surface area (Å²) in [7, 11) is 0. The molecule has 18 heavy (non-hydrogen) atoms. The molecule has 1 heterocycles. The standard InChI is InChI=1S/C12H14BrNO3S/c1-3-12(2,11(16)17)14-10(15)7-5-8-4-6-9(13)18-8/h4-7H,3H2,1-2H3,(H,14,15)(H,16,17). The fourth-order valence-electron chi connectivity index (χ4n) is 1.18. The lowest BCUT2D eigenvalue weighted by molar-refractivity contribution is -0.146. The van der Waals surface area contributed by atoms with Crippen LogP contribution in [0.2, 0.25) is 0 Å². The largest absolute Gasteiger partial charge is 0.480 e. The molecule has 0 bridgehead atoms. The third-order valence-electron chi connectivity index (χ3n) is 2.57. The Morgan fingerprint density at radius 2 is 2.22 bits per heavy atom. The van der Waals surface area contributed by atoms with Gasteiger partial charge in [0.2, 0.25) is 5.91 Å². The van der Waals surface area contributed by atoms with Crippen LogP contribution in [0.3, 0.4) is 0 Å². The van der Waals surface area contributed by atoms with Crippen molar-refractivity contribution in [1.82, 2.24) is 5.32 Å². The van der Waals surface area contributed by atoms with Gasteiger partial charge in [0, 0.05) is 11.0 Å². The maximum absolute atomic E-state index is 11.6. The summed E-state index contributed by atoms with van der Waals surface area (Å²) in [5.41, 5.74) is -1.22. The normalized spacial score (nSPS) is 14.4. The molecule has 0 aliphatic heterocycles. The third kappa shape index (κ3) is 3.96. The van der Waals surface area contributed by atoms with E-state index in [9.17, 15) is 9.59 Å².